The highest BCUT2D eigenvalue weighted by Crippen LogP contribution is 2.35. The molecule has 1 aromatic heterocycles. The standard InChI is InChI=1S/C13H18N2O3S/c1-8-11(12(16)17-2)14-13(19-8)15-6-7-18-10-5-3-4-9(10)15/h9-10H,3-7H2,1-2H3. The molecule has 1 saturated heterocycles. The normalized spacial score (nSPS) is 26.3. The number of morpholine rings is 1. The van der Waals surface area contributed by atoms with Gasteiger partial charge in [0.25, 0.3) is 0 Å². The van der Waals surface area contributed by atoms with Crippen molar-refractivity contribution in [2.45, 2.75) is 38.3 Å². The zero-order valence-corrected chi connectivity index (χ0v) is 12.0. The molecule has 2 atom stereocenters. The molecule has 2 heterocycles. The largest absolute Gasteiger partial charge is 0.464 e. The van der Waals surface area contributed by atoms with E-state index in [1.807, 2.05) is 6.92 Å². The molecule has 0 aromatic carbocycles. The second-order valence-electron chi connectivity index (χ2n) is 4.99. The van der Waals surface area contributed by atoms with E-state index in [1.54, 1.807) is 11.3 Å². The van der Waals surface area contributed by atoms with Crippen LogP contribution in [0.5, 0.6) is 0 Å². The van der Waals surface area contributed by atoms with E-state index in [0.29, 0.717) is 17.8 Å². The second kappa shape index (κ2) is 5.09. The highest BCUT2D eigenvalue weighted by Gasteiger charge is 2.37. The van der Waals surface area contributed by atoms with Crippen molar-refractivity contribution in [3.8, 4) is 0 Å². The number of anilines is 1. The molecule has 104 valence electrons. The van der Waals surface area contributed by atoms with Crippen LogP contribution in [0.25, 0.3) is 0 Å². The van der Waals surface area contributed by atoms with E-state index in [0.717, 1.165) is 36.0 Å². The summed E-state index contributed by atoms with van der Waals surface area (Å²) in [5, 5.41) is 0.929. The fraction of sp³-hybridized carbons (Fsp3) is 0.692. The summed E-state index contributed by atoms with van der Waals surface area (Å²) in [6, 6.07) is 0.421. The second-order valence-corrected chi connectivity index (χ2v) is 6.18. The molecule has 0 radical (unpaired) electrons. The lowest BCUT2D eigenvalue weighted by molar-refractivity contribution is 0.0256. The Labute approximate surface area is 116 Å². The Morgan fingerprint density at radius 3 is 3.16 bits per heavy atom. The van der Waals surface area contributed by atoms with Gasteiger partial charge in [-0.25, -0.2) is 9.78 Å². The third-order valence-corrected chi connectivity index (χ3v) is 4.90. The Bertz CT molecular complexity index is 488. The first-order chi connectivity index (χ1) is 9.20. The molecule has 2 aliphatic rings. The van der Waals surface area contributed by atoms with Crippen LogP contribution in [0, 0.1) is 6.92 Å². The van der Waals surface area contributed by atoms with Crippen molar-refractivity contribution in [2.24, 2.45) is 0 Å². The van der Waals surface area contributed by atoms with Crippen molar-refractivity contribution in [1.29, 1.82) is 0 Å². The molecule has 1 aliphatic heterocycles. The number of esters is 1. The maximum Gasteiger partial charge on any atom is 0.357 e. The van der Waals surface area contributed by atoms with Crippen LogP contribution in [-0.4, -0.2) is 43.4 Å². The summed E-state index contributed by atoms with van der Waals surface area (Å²) in [6.07, 6.45) is 3.83. The van der Waals surface area contributed by atoms with Gasteiger partial charge in [-0.05, 0) is 26.2 Å². The Morgan fingerprint density at radius 1 is 1.53 bits per heavy atom. The van der Waals surface area contributed by atoms with Crippen LogP contribution >= 0.6 is 11.3 Å². The number of ether oxygens (including phenoxy) is 2. The van der Waals surface area contributed by atoms with E-state index >= 15 is 0 Å². The number of carbonyl (C=O) groups excluding carboxylic acids is 1. The zero-order valence-electron chi connectivity index (χ0n) is 11.2. The summed E-state index contributed by atoms with van der Waals surface area (Å²) in [6.45, 7) is 3.52. The molecule has 2 unspecified atom stereocenters. The quantitative estimate of drug-likeness (QED) is 0.777. The lowest BCUT2D eigenvalue weighted by Crippen LogP contribution is -2.48. The number of hydrogen-bond acceptors (Lipinski definition) is 6. The van der Waals surface area contributed by atoms with E-state index in [2.05, 4.69) is 9.88 Å². The number of hydrogen-bond donors (Lipinski definition) is 0. The molecule has 2 fully saturated rings. The first kappa shape index (κ1) is 12.9. The van der Waals surface area contributed by atoms with Crippen LogP contribution in [0.1, 0.15) is 34.6 Å². The SMILES string of the molecule is COC(=O)c1nc(N2CCOC3CCCC32)sc1C. The predicted molar refractivity (Wildman–Crippen MR) is 72.9 cm³/mol. The summed E-state index contributed by atoms with van der Waals surface area (Å²) in [5.74, 6) is -0.351. The van der Waals surface area contributed by atoms with Crippen LogP contribution in [0.15, 0.2) is 0 Å². The smallest absolute Gasteiger partial charge is 0.357 e. The number of carbonyl (C=O) groups is 1. The van der Waals surface area contributed by atoms with Gasteiger partial charge in [-0.15, -0.1) is 11.3 Å². The Kier molecular flexibility index (Phi) is 3.45. The van der Waals surface area contributed by atoms with Crippen LogP contribution in [0.4, 0.5) is 5.13 Å². The Morgan fingerprint density at radius 2 is 2.37 bits per heavy atom. The Balaban J connectivity index is 1.87. The van der Waals surface area contributed by atoms with E-state index in [4.69, 9.17) is 9.47 Å². The number of rotatable bonds is 2. The van der Waals surface area contributed by atoms with E-state index in [-0.39, 0.29) is 5.97 Å². The van der Waals surface area contributed by atoms with Gasteiger partial charge in [0.1, 0.15) is 0 Å². The molecule has 0 bridgehead atoms. The third kappa shape index (κ3) is 2.23. The first-order valence-electron chi connectivity index (χ1n) is 6.64. The lowest BCUT2D eigenvalue weighted by atomic mass is 10.1. The summed E-state index contributed by atoms with van der Waals surface area (Å²) in [5.41, 5.74) is 0.448. The number of fused-ring (bicyclic) bond motifs is 1. The van der Waals surface area contributed by atoms with Crippen molar-refractivity contribution in [2.75, 3.05) is 25.2 Å². The molecule has 19 heavy (non-hydrogen) atoms. The predicted octanol–water partition coefficient (Wildman–Crippen LogP) is 2.00. The minimum Gasteiger partial charge on any atom is -0.464 e. The van der Waals surface area contributed by atoms with Crippen molar-refractivity contribution in [3.63, 3.8) is 0 Å². The lowest BCUT2D eigenvalue weighted by Gasteiger charge is -2.37. The molecular formula is C13H18N2O3S. The fourth-order valence-electron chi connectivity index (χ4n) is 2.95. The first-order valence-corrected chi connectivity index (χ1v) is 7.46. The summed E-state index contributed by atoms with van der Waals surface area (Å²) >= 11 is 1.57. The van der Waals surface area contributed by atoms with Gasteiger partial charge >= 0.3 is 5.97 Å². The molecule has 5 nitrogen and oxygen atoms in total. The minimum atomic E-state index is -0.351. The average Bonchev–Trinajstić information content (AvgIpc) is 3.03. The number of methoxy groups -OCH3 is 1. The summed E-state index contributed by atoms with van der Waals surface area (Å²) in [4.78, 5) is 19.3. The van der Waals surface area contributed by atoms with E-state index in [1.165, 1.54) is 13.5 Å². The van der Waals surface area contributed by atoms with Crippen LogP contribution in [-0.2, 0) is 9.47 Å². The maximum atomic E-state index is 11.6. The van der Waals surface area contributed by atoms with Gasteiger partial charge in [0.15, 0.2) is 10.8 Å². The van der Waals surface area contributed by atoms with Crippen LogP contribution in [0.2, 0.25) is 0 Å². The summed E-state index contributed by atoms with van der Waals surface area (Å²) in [7, 11) is 1.39. The molecule has 0 amide bonds. The highest BCUT2D eigenvalue weighted by molar-refractivity contribution is 7.15. The van der Waals surface area contributed by atoms with Gasteiger partial charge in [-0.2, -0.15) is 0 Å². The van der Waals surface area contributed by atoms with Crippen LogP contribution < -0.4 is 4.90 Å². The maximum absolute atomic E-state index is 11.6. The minimum absolute atomic E-state index is 0.333. The van der Waals surface area contributed by atoms with Crippen LogP contribution in [0.3, 0.4) is 0 Å². The molecule has 1 aromatic rings. The topological polar surface area (TPSA) is 51.7 Å². The Hall–Kier alpha value is -1.14. The third-order valence-electron chi connectivity index (χ3n) is 3.89. The summed E-state index contributed by atoms with van der Waals surface area (Å²) < 4.78 is 10.6. The monoisotopic (exact) mass is 282 g/mol. The fourth-order valence-corrected chi connectivity index (χ4v) is 3.93. The van der Waals surface area contributed by atoms with E-state index in [9.17, 15) is 4.79 Å². The van der Waals surface area contributed by atoms with Gasteiger partial charge in [-0.1, -0.05) is 0 Å². The van der Waals surface area contributed by atoms with Gasteiger partial charge in [0, 0.05) is 11.4 Å². The number of thiazole rings is 1. The molecular weight excluding hydrogens is 264 g/mol. The van der Waals surface area contributed by atoms with Crippen molar-refractivity contribution in [3.05, 3.63) is 10.6 Å². The van der Waals surface area contributed by atoms with Crippen molar-refractivity contribution in [1.82, 2.24) is 4.98 Å². The van der Waals surface area contributed by atoms with Crippen molar-refractivity contribution >= 4 is 22.4 Å². The molecule has 1 saturated carbocycles. The molecule has 0 spiro atoms. The molecule has 3 rings (SSSR count). The molecule has 1 aliphatic carbocycles. The molecule has 6 heteroatoms. The zero-order chi connectivity index (χ0) is 13.4. The van der Waals surface area contributed by atoms with Gasteiger partial charge in [0.05, 0.1) is 25.9 Å². The highest BCUT2D eigenvalue weighted by atomic mass is 32.1. The average molecular weight is 282 g/mol. The van der Waals surface area contributed by atoms with Gasteiger partial charge in [-0.3, -0.25) is 0 Å². The molecule has 0 N–H and O–H groups in total. The van der Waals surface area contributed by atoms with Gasteiger partial charge < -0.3 is 14.4 Å². The van der Waals surface area contributed by atoms with Crippen molar-refractivity contribution < 1.29 is 14.3 Å². The number of aromatic nitrogens is 1. The number of nitrogens with zero attached hydrogens (tertiary/aromatic N) is 2. The number of aryl methyl sites for hydroxylation is 1. The van der Waals surface area contributed by atoms with Gasteiger partial charge in [0.2, 0.25) is 0 Å². The van der Waals surface area contributed by atoms with E-state index < -0.39 is 0 Å².